The molecule has 1 fully saturated rings. The molecule has 378 valence electrons. The van der Waals surface area contributed by atoms with Gasteiger partial charge in [0, 0.05) is 19.4 Å². The van der Waals surface area contributed by atoms with Crippen molar-refractivity contribution < 1.29 is 62.7 Å². The minimum atomic E-state index is -4.68. The molecule has 1 aliphatic heterocycles. The van der Waals surface area contributed by atoms with Gasteiger partial charge in [-0.3, -0.25) is 18.6 Å². The number of ether oxygens (including phenoxy) is 3. The van der Waals surface area contributed by atoms with Crippen LogP contribution < -0.4 is 5.32 Å². The van der Waals surface area contributed by atoms with Gasteiger partial charge in [0.25, 0.3) is 0 Å². The van der Waals surface area contributed by atoms with E-state index in [-0.39, 0.29) is 32.6 Å². The van der Waals surface area contributed by atoms with E-state index in [0.29, 0.717) is 12.8 Å². The molecule has 1 aliphatic rings. The quantitative estimate of drug-likeness (QED) is 0.0146. The zero-order chi connectivity index (χ0) is 48.4. The summed E-state index contributed by atoms with van der Waals surface area (Å²) in [6, 6.07) is 0. The topological polar surface area (TPSA) is 211 Å². The predicted molar refractivity (Wildman–Crippen MR) is 261 cm³/mol. The molecule has 14 nitrogen and oxygen atoms in total. The standard InChI is InChI=1S/C51H86NO13P/c1-3-5-7-9-11-13-15-17-19-20-21-22-24-25-27-29-31-33-35-37-47(54)61-41-45(65-48(55)38-36-34-32-30-28-26-23-18-16-14-12-10-8-6-4-2)42-64-66(59,60)63-40-39-52-44-51(58)50(57)49(56)46(53)43-62-51/h5,7,11,13,17-19,21-23,25,27,31,33,45-46,49-50,52-53,56-58H,3-4,6,8-10,12,14-16,20,24,26,28-30,32,34-44H2,1-2H3,(H,59,60)/b7-5-,13-11-,19-17-,22-21-,23-18-,27-25-,33-31-/t45-,46-,49-,50+,51-/m1/s1. The first-order valence-electron chi connectivity index (χ1n) is 24.6. The van der Waals surface area contributed by atoms with Gasteiger partial charge >= 0.3 is 19.8 Å². The van der Waals surface area contributed by atoms with Gasteiger partial charge in [0.15, 0.2) is 6.10 Å². The van der Waals surface area contributed by atoms with Crippen LogP contribution in [-0.4, -0.2) is 107 Å². The lowest BCUT2D eigenvalue weighted by Crippen LogP contribution is -2.64. The first-order valence-corrected chi connectivity index (χ1v) is 26.1. The minimum Gasteiger partial charge on any atom is -0.462 e. The maximum absolute atomic E-state index is 12.8. The summed E-state index contributed by atoms with van der Waals surface area (Å²) in [6.07, 6.45) is 44.6. The average Bonchev–Trinajstić information content (AvgIpc) is 3.30. The van der Waals surface area contributed by atoms with Crippen LogP contribution in [0.25, 0.3) is 0 Å². The highest BCUT2D eigenvalue weighted by molar-refractivity contribution is 7.47. The molecule has 6 atom stereocenters. The lowest BCUT2D eigenvalue weighted by molar-refractivity contribution is -0.317. The summed E-state index contributed by atoms with van der Waals surface area (Å²) in [5.74, 6) is -3.28. The lowest BCUT2D eigenvalue weighted by Gasteiger charge is -2.41. The van der Waals surface area contributed by atoms with E-state index in [2.05, 4.69) is 92.1 Å². The fraction of sp³-hybridized carbons (Fsp3) is 0.686. The zero-order valence-electron chi connectivity index (χ0n) is 40.1. The van der Waals surface area contributed by atoms with Crippen LogP contribution in [0.15, 0.2) is 85.1 Å². The van der Waals surface area contributed by atoms with E-state index in [1.807, 2.05) is 12.2 Å². The highest BCUT2D eigenvalue weighted by Gasteiger charge is 2.48. The number of aliphatic hydroxyl groups excluding tert-OH is 3. The normalized spacial score (nSPS) is 20.9. The molecule has 0 aromatic carbocycles. The summed E-state index contributed by atoms with van der Waals surface area (Å²) in [5, 5.41) is 42.7. The zero-order valence-corrected chi connectivity index (χ0v) is 41.0. The average molecular weight is 952 g/mol. The number of allylic oxidation sites excluding steroid dienone is 14. The molecule has 0 saturated carbocycles. The Balaban J connectivity index is 2.47. The number of hydrogen-bond donors (Lipinski definition) is 6. The minimum absolute atomic E-state index is 0.0872. The molecule has 0 aromatic rings. The third-order valence-electron chi connectivity index (χ3n) is 10.5. The smallest absolute Gasteiger partial charge is 0.462 e. The van der Waals surface area contributed by atoms with Gasteiger partial charge in [0.1, 0.15) is 24.9 Å². The summed E-state index contributed by atoms with van der Waals surface area (Å²) < 4.78 is 38.7. The molecule has 1 rings (SSSR count). The van der Waals surface area contributed by atoms with Crippen LogP contribution in [0.5, 0.6) is 0 Å². The SMILES string of the molecule is CC/C=C\C/C=C\C/C=C\C/C=C\C/C=C\C/C=C\CCC(=O)OC[C@H](COP(=O)(O)OCCNC[C@@]1(O)OC[C@@H](O)[C@@H](O)[C@@H]1O)OC(=O)CCCCCCC/C=C\CCCCCCCC. The Bertz CT molecular complexity index is 1490. The molecule has 0 amide bonds. The van der Waals surface area contributed by atoms with E-state index < -0.39 is 69.7 Å². The molecule has 0 aliphatic carbocycles. The molecular formula is C51H86NO13P. The Hall–Kier alpha value is -3.01. The van der Waals surface area contributed by atoms with Crippen LogP contribution in [0.2, 0.25) is 0 Å². The molecule has 1 heterocycles. The highest BCUT2D eigenvalue weighted by atomic mass is 31.2. The lowest BCUT2D eigenvalue weighted by atomic mass is 9.97. The van der Waals surface area contributed by atoms with Gasteiger partial charge in [0.05, 0.1) is 26.4 Å². The summed E-state index contributed by atoms with van der Waals surface area (Å²) >= 11 is 0. The Kier molecular flexibility index (Phi) is 37.9. The summed E-state index contributed by atoms with van der Waals surface area (Å²) in [6.45, 7) is 2.11. The Morgan fingerprint density at radius 1 is 0.667 bits per heavy atom. The van der Waals surface area contributed by atoms with Crippen LogP contribution in [0, 0.1) is 0 Å². The van der Waals surface area contributed by atoms with Gasteiger partial charge < -0.3 is 44.8 Å². The van der Waals surface area contributed by atoms with Gasteiger partial charge in [-0.05, 0) is 77.0 Å². The third-order valence-corrected chi connectivity index (χ3v) is 11.5. The number of hydrogen-bond acceptors (Lipinski definition) is 13. The van der Waals surface area contributed by atoms with Crippen molar-refractivity contribution in [2.75, 3.05) is 39.5 Å². The maximum Gasteiger partial charge on any atom is 0.472 e. The Morgan fingerprint density at radius 3 is 1.76 bits per heavy atom. The van der Waals surface area contributed by atoms with Crippen LogP contribution in [0.3, 0.4) is 0 Å². The molecule has 1 saturated heterocycles. The van der Waals surface area contributed by atoms with Crippen molar-refractivity contribution in [3.63, 3.8) is 0 Å². The van der Waals surface area contributed by atoms with Crippen molar-refractivity contribution in [1.29, 1.82) is 0 Å². The second-order valence-electron chi connectivity index (χ2n) is 16.5. The summed E-state index contributed by atoms with van der Waals surface area (Å²) in [7, 11) is -4.68. The third kappa shape index (κ3) is 34.3. The number of nitrogens with one attached hydrogen (secondary N) is 1. The first-order chi connectivity index (χ1) is 31.9. The Labute approximate surface area is 396 Å². The number of rotatable bonds is 41. The van der Waals surface area contributed by atoms with Crippen LogP contribution in [0.1, 0.15) is 155 Å². The van der Waals surface area contributed by atoms with Gasteiger partial charge in [0.2, 0.25) is 5.79 Å². The number of unbranched alkanes of at least 4 members (excludes halogenated alkanes) is 11. The molecule has 0 aromatic heterocycles. The fourth-order valence-electron chi connectivity index (χ4n) is 6.56. The van der Waals surface area contributed by atoms with E-state index in [4.69, 9.17) is 23.3 Å². The molecule has 0 bridgehead atoms. The van der Waals surface area contributed by atoms with Crippen LogP contribution >= 0.6 is 7.82 Å². The highest BCUT2D eigenvalue weighted by Crippen LogP contribution is 2.43. The van der Waals surface area contributed by atoms with Crippen molar-refractivity contribution in [3.8, 4) is 0 Å². The fourth-order valence-corrected chi connectivity index (χ4v) is 7.31. The molecule has 1 unspecified atom stereocenters. The molecular weight excluding hydrogens is 866 g/mol. The second kappa shape index (κ2) is 41.0. The summed E-state index contributed by atoms with van der Waals surface area (Å²) in [4.78, 5) is 35.6. The van der Waals surface area contributed by atoms with E-state index in [9.17, 15) is 39.5 Å². The van der Waals surface area contributed by atoms with Crippen LogP contribution in [0.4, 0.5) is 0 Å². The maximum atomic E-state index is 12.8. The van der Waals surface area contributed by atoms with Gasteiger partial charge in [-0.2, -0.15) is 0 Å². The molecule has 0 spiro atoms. The molecule has 0 radical (unpaired) electrons. The first kappa shape index (κ1) is 61.0. The van der Waals surface area contributed by atoms with E-state index >= 15 is 0 Å². The second-order valence-corrected chi connectivity index (χ2v) is 18.0. The van der Waals surface area contributed by atoms with E-state index in [1.54, 1.807) is 0 Å². The van der Waals surface area contributed by atoms with Crippen molar-refractivity contribution in [2.45, 2.75) is 185 Å². The monoisotopic (exact) mass is 952 g/mol. The van der Waals surface area contributed by atoms with Crippen molar-refractivity contribution in [3.05, 3.63) is 85.1 Å². The summed E-state index contributed by atoms with van der Waals surface area (Å²) in [5.41, 5.74) is 0. The number of carbonyl (C=O) groups is 2. The van der Waals surface area contributed by atoms with Crippen LogP contribution in [-0.2, 0) is 37.4 Å². The number of esters is 2. The van der Waals surface area contributed by atoms with E-state index in [1.165, 1.54) is 38.5 Å². The number of carbonyl (C=O) groups excluding carboxylic acids is 2. The largest absolute Gasteiger partial charge is 0.472 e. The number of aliphatic hydroxyl groups is 4. The van der Waals surface area contributed by atoms with Crippen molar-refractivity contribution in [1.82, 2.24) is 5.32 Å². The van der Waals surface area contributed by atoms with E-state index in [0.717, 1.165) is 77.0 Å². The van der Waals surface area contributed by atoms with Gasteiger partial charge in [-0.25, -0.2) is 4.57 Å². The molecule has 6 N–H and O–H groups in total. The Morgan fingerprint density at radius 2 is 1.18 bits per heavy atom. The number of phosphoric acid groups is 1. The van der Waals surface area contributed by atoms with Crippen molar-refractivity contribution >= 4 is 19.8 Å². The molecule has 15 heteroatoms. The predicted octanol–water partition coefficient (Wildman–Crippen LogP) is 9.48. The van der Waals surface area contributed by atoms with Gasteiger partial charge in [-0.15, -0.1) is 0 Å². The van der Waals surface area contributed by atoms with Crippen molar-refractivity contribution in [2.24, 2.45) is 0 Å². The number of phosphoric ester groups is 1. The molecule has 66 heavy (non-hydrogen) atoms. The van der Waals surface area contributed by atoms with Gasteiger partial charge in [-0.1, -0.05) is 150 Å².